The van der Waals surface area contributed by atoms with Gasteiger partial charge in [0.05, 0.1) is 0 Å². The maximum Gasteiger partial charge on any atom is 0.330 e. The lowest BCUT2D eigenvalue weighted by molar-refractivity contribution is -0.156. The molecule has 0 amide bonds. The van der Waals surface area contributed by atoms with Crippen LogP contribution in [0.4, 0.5) is 0 Å². The Bertz CT molecular complexity index is 300. The Labute approximate surface area is 88.8 Å². The molecule has 1 atom stereocenters. The van der Waals surface area contributed by atoms with E-state index in [2.05, 4.69) is 10.9 Å². The molecule has 1 aliphatic heterocycles. The Hall–Kier alpha value is -1.16. The smallest absolute Gasteiger partial charge is 0.330 e. The first kappa shape index (κ1) is 11.9. The van der Waals surface area contributed by atoms with Crippen molar-refractivity contribution in [1.82, 2.24) is 10.9 Å². The van der Waals surface area contributed by atoms with Crippen molar-refractivity contribution in [2.75, 3.05) is 6.54 Å². The van der Waals surface area contributed by atoms with E-state index >= 15 is 0 Å². The largest absolute Gasteiger partial charge is 0.459 e. The van der Waals surface area contributed by atoms with Gasteiger partial charge in [-0.3, -0.25) is 5.43 Å². The number of hydrogen-bond donors (Lipinski definition) is 2. The average molecular weight is 212 g/mol. The van der Waals surface area contributed by atoms with Crippen LogP contribution in [0.2, 0.25) is 0 Å². The van der Waals surface area contributed by atoms with Crippen LogP contribution in [-0.2, 0) is 14.3 Å². The third-order valence-electron chi connectivity index (χ3n) is 1.89. The van der Waals surface area contributed by atoms with Gasteiger partial charge in [-0.1, -0.05) is 0 Å². The first-order valence-electron chi connectivity index (χ1n) is 4.89. The summed E-state index contributed by atoms with van der Waals surface area (Å²) in [4.78, 5) is 22.3. The number of carbonyl (C=O) groups excluding carboxylic acids is 2. The van der Waals surface area contributed by atoms with Crippen LogP contribution in [0.1, 0.15) is 27.2 Å². The zero-order valence-electron chi connectivity index (χ0n) is 9.22. The summed E-state index contributed by atoms with van der Waals surface area (Å²) in [6, 6.07) is -0.713. The van der Waals surface area contributed by atoms with Gasteiger partial charge in [0.2, 0.25) is 0 Å². The Balaban J connectivity index is 2.69. The van der Waals surface area contributed by atoms with Gasteiger partial charge in [0.25, 0.3) is 0 Å². The normalized spacial score (nSPS) is 22.1. The van der Waals surface area contributed by atoms with Crippen molar-refractivity contribution in [3.05, 3.63) is 5.57 Å². The summed E-state index contributed by atoms with van der Waals surface area (Å²) in [6.07, 6.45) is 0.514. The van der Waals surface area contributed by atoms with Gasteiger partial charge in [-0.2, -0.15) is 0 Å². The second-order valence-electron chi connectivity index (χ2n) is 4.41. The quantitative estimate of drug-likeness (QED) is 0.471. The topological polar surface area (TPSA) is 67.4 Å². The highest BCUT2D eigenvalue weighted by Gasteiger charge is 2.30. The molecule has 0 aliphatic carbocycles. The van der Waals surface area contributed by atoms with Gasteiger partial charge in [-0.15, -0.1) is 0 Å². The lowest BCUT2D eigenvalue weighted by Gasteiger charge is -2.27. The average Bonchev–Trinajstić information content (AvgIpc) is 2.15. The zero-order chi connectivity index (χ0) is 11.5. The molecule has 0 bridgehead atoms. The van der Waals surface area contributed by atoms with Crippen LogP contribution in [0, 0.1) is 0 Å². The number of hydrazine groups is 1. The Morgan fingerprint density at radius 3 is 2.73 bits per heavy atom. The summed E-state index contributed by atoms with van der Waals surface area (Å²) in [5, 5.41) is 0. The molecule has 0 radical (unpaired) electrons. The second kappa shape index (κ2) is 4.57. The number of nitrogens with one attached hydrogen (secondary N) is 2. The van der Waals surface area contributed by atoms with Crippen molar-refractivity contribution in [3.63, 3.8) is 0 Å². The van der Waals surface area contributed by atoms with Crippen LogP contribution >= 0.6 is 0 Å². The predicted molar refractivity (Wildman–Crippen MR) is 54.6 cm³/mol. The predicted octanol–water partition coefficient (Wildman–Crippen LogP) is -0.0474. The third kappa shape index (κ3) is 3.47. The summed E-state index contributed by atoms with van der Waals surface area (Å²) in [6.45, 7) is 5.96. The van der Waals surface area contributed by atoms with Crippen molar-refractivity contribution in [3.8, 4) is 0 Å². The van der Waals surface area contributed by atoms with E-state index < -0.39 is 17.6 Å². The highest BCUT2D eigenvalue weighted by Crippen LogP contribution is 2.13. The molecule has 1 fully saturated rings. The number of carbonyl (C=O) groups is 1. The minimum atomic E-state index is -0.713. The van der Waals surface area contributed by atoms with Crippen molar-refractivity contribution >= 4 is 11.9 Å². The Morgan fingerprint density at radius 2 is 2.20 bits per heavy atom. The molecular formula is C10H16N2O3. The van der Waals surface area contributed by atoms with Crippen molar-refractivity contribution in [2.24, 2.45) is 0 Å². The summed E-state index contributed by atoms with van der Waals surface area (Å²) in [5.41, 5.74) is 5.39. The van der Waals surface area contributed by atoms with Gasteiger partial charge in [0.15, 0.2) is 6.04 Å². The molecule has 1 heterocycles. The molecule has 2 N–H and O–H groups in total. The minimum Gasteiger partial charge on any atom is -0.459 e. The molecule has 84 valence electrons. The number of ether oxygens (including phenoxy) is 1. The fraction of sp³-hybridized carbons (Fsp3) is 0.700. The highest BCUT2D eigenvalue weighted by molar-refractivity contribution is 5.83. The van der Waals surface area contributed by atoms with Gasteiger partial charge < -0.3 is 4.74 Å². The van der Waals surface area contributed by atoms with Crippen LogP contribution in [-0.4, -0.2) is 30.1 Å². The molecule has 1 unspecified atom stereocenters. The lowest BCUT2D eigenvalue weighted by atomic mass is 10.0. The lowest BCUT2D eigenvalue weighted by Crippen LogP contribution is -2.53. The van der Waals surface area contributed by atoms with E-state index in [1.807, 2.05) is 0 Å². The third-order valence-corrected chi connectivity index (χ3v) is 1.89. The molecule has 0 aromatic carbocycles. The Morgan fingerprint density at radius 1 is 1.53 bits per heavy atom. The maximum absolute atomic E-state index is 11.7. The molecule has 5 nitrogen and oxygen atoms in total. The standard InChI is InChI=1S/C10H16N2O3/c1-10(2,3)15-9(14)8-7(6-13)4-5-11-12-8/h8,11-12H,4-5H2,1-3H3. The van der Waals surface area contributed by atoms with E-state index in [9.17, 15) is 9.59 Å². The summed E-state index contributed by atoms with van der Waals surface area (Å²) < 4.78 is 5.17. The van der Waals surface area contributed by atoms with Gasteiger partial charge in [-0.25, -0.2) is 15.0 Å². The van der Waals surface area contributed by atoms with E-state index in [4.69, 9.17) is 4.74 Å². The molecule has 1 rings (SSSR count). The summed E-state index contributed by atoms with van der Waals surface area (Å²) in [7, 11) is 0. The van der Waals surface area contributed by atoms with Crippen LogP contribution in [0.3, 0.4) is 0 Å². The minimum absolute atomic E-state index is 0.406. The monoisotopic (exact) mass is 212 g/mol. The van der Waals surface area contributed by atoms with E-state index in [0.717, 1.165) is 0 Å². The number of esters is 1. The van der Waals surface area contributed by atoms with Crippen LogP contribution in [0.25, 0.3) is 0 Å². The SMILES string of the molecule is CC(C)(C)OC(=O)C1NNCCC1=C=O. The van der Waals surface area contributed by atoms with Gasteiger partial charge in [0, 0.05) is 12.1 Å². The number of rotatable bonds is 1. The van der Waals surface area contributed by atoms with Gasteiger partial charge >= 0.3 is 5.97 Å². The van der Waals surface area contributed by atoms with Crippen LogP contribution in [0.15, 0.2) is 5.57 Å². The second-order valence-corrected chi connectivity index (χ2v) is 4.41. The molecule has 15 heavy (non-hydrogen) atoms. The zero-order valence-corrected chi connectivity index (χ0v) is 9.22. The first-order chi connectivity index (χ1) is 6.94. The van der Waals surface area contributed by atoms with Crippen molar-refractivity contribution < 1.29 is 14.3 Å². The van der Waals surface area contributed by atoms with E-state index in [1.54, 1.807) is 26.7 Å². The van der Waals surface area contributed by atoms with Gasteiger partial charge in [-0.05, 0) is 27.2 Å². The van der Waals surface area contributed by atoms with E-state index in [1.165, 1.54) is 0 Å². The van der Waals surface area contributed by atoms with Crippen LogP contribution in [0.5, 0.6) is 0 Å². The molecule has 5 heteroatoms. The summed E-state index contributed by atoms with van der Waals surface area (Å²) in [5.74, 6) is 1.33. The first-order valence-corrected chi connectivity index (χ1v) is 4.89. The molecule has 0 aromatic heterocycles. The van der Waals surface area contributed by atoms with E-state index in [0.29, 0.717) is 18.5 Å². The molecule has 1 saturated heterocycles. The highest BCUT2D eigenvalue weighted by atomic mass is 16.6. The molecule has 1 aliphatic rings. The molecular weight excluding hydrogens is 196 g/mol. The van der Waals surface area contributed by atoms with Crippen molar-refractivity contribution in [2.45, 2.75) is 38.8 Å². The molecule has 0 saturated carbocycles. The van der Waals surface area contributed by atoms with E-state index in [-0.39, 0.29) is 0 Å². The van der Waals surface area contributed by atoms with Crippen molar-refractivity contribution in [1.29, 1.82) is 0 Å². The molecule has 0 aromatic rings. The summed E-state index contributed by atoms with van der Waals surface area (Å²) >= 11 is 0. The fourth-order valence-electron chi connectivity index (χ4n) is 1.27. The van der Waals surface area contributed by atoms with Crippen LogP contribution < -0.4 is 10.9 Å². The van der Waals surface area contributed by atoms with Gasteiger partial charge in [0.1, 0.15) is 11.5 Å². The fourth-order valence-corrected chi connectivity index (χ4v) is 1.27. The Kier molecular flexibility index (Phi) is 3.63. The number of hydrogen-bond acceptors (Lipinski definition) is 5. The maximum atomic E-state index is 11.7. The molecule has 0 spiro atoms.